The number of rotatable bonds is 1. The minimum Gasteiger partial charge on any atom is -0.389 e. The Morgan fingerprint density at radius 2 is 2.14 bits per heavy atom. The number of aliphatic hydroxyl groups is 1. The molecule has 0 bridgehead atoms. The average Bonchev–Trinajstić information content (AvgIpc) is 2.19. The topological polar surface area (TPSA) is 20.2 Å². The number of allylic oxidation sites excluding steroid dienone is 1. The second kappa shape index (κ2) is 5.49. The van der Waals surface area contributed by atoms with Gasteiger partial charge in [0.1, 0.15) is 0 Å². The minimum absolute atomic E-state index is 0.500. The first kappa shape index (κ1) is 10.8. The van der Waals surface area contributed by atoms with Gasteiger partial charge in [0.05, 0.1) is 6.10 Å². The molecule has 1 rings (SSSR count). The molecule has 72 valence electrons. The SMILES string of the molecule is CC(O)c1ccccc1C#C/C=C\Cl. The van der Waals surface area contributed by atoms with Crippen LogP contribution in [0, 0.1) is 11.8 Å². The summed E-state index contributed by atoms with van der Waals surface area (Å²) in [7, 11) is 0. The van der Waals surface area contributed by atoms with Crippen LogP contribution in [0.2, 0.25) is 0 Å². The van der Waals surface area contributed by atoms with Gasteiger partial charge in [0.15, 0.2) is 0 Å². The molecule has 1 nitrogen and oxygen atoms in total. The van der Waals surface area contributed by atoms with Gasteiger partial charge in [0.2, 0.25) is 0 Å². The zero-order chi connectivity index (χ0) is 10.4. The summed E-state index contributed by atoms with van der Waals surface area (Å²) < 4.78 is 0. The highest BCUT2D eigenvalue weighted by atomic mass is 35.5. The molecule has 0 fully saturated rings. The summed E-state index contributed by atoms with van der Waals surface area (Å²) in [6, 6.07) is 7.50. The van der Waals surface area contributed by atoms with Crippen molar-refractivity contribution in [3.8, 4) is 11.8 Å². The molecular formula is C12H11ClO. The first-order valence-electron chi connectivity index (χ1n) is 4.29. The van der Waals surface area contributed by atoms with Crippen LogP contribution in [0.15, 0.2) is 35.9 Å². The smallest absolute Gasteiger partial charge is 0.0774 e. The van der Waals surface area contributed by atoms with Crippen molar-refractivity contribution in [1.29, 1.82) is 0 Å². The lowest BCUT2D eigenvalue weighted by atomic mass is 10.0. The summed E-state index contributed by atoms with van der Waals surface area (Å²) in [6.45, 7) is 1.72. The maximum atomic E-state index is 9.45. The van der Waals surface area contributed by atoms with E-state index in [9.17, 15) is 5.11 Å². The van der Waals surface area contributed by atoms with Gasteiger partial charge >= 0.3 is 0 Å². The summed E-state index contributed by atoms with van der Waals surface area (Å²) in [5.74, 6) is 5.69. The summed E-state index contributed by atoms with van der Waals surface area (Å²) in [6.07, 6.45) is 1.06. The lowest BCUT2D eigenvalue weighted by molar-refractivity contribution is 0.199. The lowest BCUT2D eigenvalue weighted by Crippen LogP contribution is -1.94. The zero-order valence-electron chi connectivity index (χ0n) is 7.87. The van der Waals surface area contributed by atoms with Gasteiger partial charge in [-0.2, -0.15) is 0 Å². The monoisotopic (exact) mass is 206 g/mol. The first-order valence-corrected chi connectivity index (χ1v) is 4.73. The van der Waals surface area contributed by atoms with Gasteiger partial charge in [-0.3, -0.25) is 0 Å². The first-order chi connectivity index (χ1) is 6.75. The summed E-state index contributed by atoms with van der Waals surface area (Å²) in [5.41, 5.74) is 3.03. The van der Waals surface area contributed by atoms with Gasteiger partial charge < -0.3 is 5.11 Å². The molecule has 2 heteroatoms. The van der Waals surface area contributed by atoms with Crippen LogP contribution in [0.25, 0.3) is 0 Å². The van der Waals surface area contributed by atoms with E-state index >= 15 is 0 Å². The standard InChI is InChI=1S/C12H11ClO/c1-10(14)12-8-3-2-6-11(12)7-4-5-9-13/h2-3,5-6,8-10,14H,1H3/b9-5-. The van der Waals surface area contributed by atoms with Crippen LogP contribution in [0.1, 0.15) is 24.2 Å². The minimum atomic E-state index is -0.500. The highest BCUT2D eigenvalue weighted by molar-refractivity contribution is 6.25. The highest BCUT2D eigenvalue weighted by Crippen LogP contribution is 2.15. The largest absolute Gasteiger partial charge is 0.389 e. The molecule has 0 aliphatic heterocycles. The van der Waals surface area contributed by atoms with Crippen molar-refractivity contribution in [3.05, 3.63) is 47.0 Å². The predicted molar refractivity (Wildman–Crippen MR) is 58.9 cm³/mol. The van der Waals surface area contributed by atoms with Gasteiger partial charge in [0, 0.05) is 11.1 Å². The third-order valence-electron chi connectivity index (χ3n) is 1.76. The van der Waals surface area contributed by atoms with Crippen LogP contribution in [0.5, 0.6) is 0 Å². The van der Waals surface area contributed by atoms with Crippen molar-refractivity contribution in [1.82, 2.24) is 0 Å². The van der Waals surface area contributed by atoms with E-state index in [4.69, 9.17) is 11.6 Å². The maximum Gasteiger partial charge on any atom is 0.0774 e. The fraction of sp³-hybridized carbons (Fsp3) is 0.167. The van der Waals surface area contributed by atoms with Gasteiger partial charge in [-0.15, -0.1) is 0 Å². The van der Waals surface area contributed by atoms with Crippen LogP contribution < -0.4 is 0 Å². The van der Waals surface area contributed by atoms with E-state index in [1.165, 1.54) is 5.54 Å². The van der Waals surface area contributed by atoms with Crippen LogP contribution in [-0.4, -0.2) is 5.11 Å². The maximum absolute atomic E-state index is 9.45. The average molecular weight is 207 g/mol. The second-order valence-electron chi connectivity index (χ2n) is 2.83. The van der Waals surface area contributed by atoms with Crippen molar-refractivity contribution in [3.63, 3.8) is 0 Å². The van der Waals surface area contributed by atoms with E-state index in [1.54, 1.807) is 13.0 Å². The van der Waals surface area contributed by atoms with Crippen molar-refractivity contribution in [2.45, 2.75) is 13.0 Å². The summed E-state index contributed by atoms with van der Waals surface area (Å²) >= 11 is 5.34. The summed E-state index contributed by atoms with van der Waals surface area (Å²) in [5, 5.41) is 9.45. The molecule has 0 amide bonds. The molecule has 0 saturated heterocycles. The Morgan fingerprint density at radius 3 is 2.79 bits per heavy atom. The molecule has 1 unspecified atom stereocenters. The van der Waals surface area contributed by atoms with E-state index in [0.717, 1.165) is 11.1 Å². The van der Waals surface area contributed by atoms with Crippen LogP contribution in [0.4, 0.5) is 0 Å². The molecule has 0 aliphatic carbocycles. The molecule has 1 aromatic rings. The highest BCUT2D eigenvalue weighted by Gasteiger charge is 2.03. The molecule has 0 saturated carbocycles. The third kappa shape index (κ3) is 2.92. The molecule has 0 radical (unpaired) electrons. The van der Waals surface area contributed by atoms with Crippen LogP contribution >= 0.6 is 11.6 Å². The van der Waals surface area contributed by atoms with Crippen LogP contribution in [-0.2, 0) is 0 Å². The number of halogens is 1. The Morgan fingerprint density at radius 1 is 1.43 bits per heavy atom. The number of hydrogen-bond donors (Lipinski definition) is 1. The molecule has 1 N–H and O–H groups in total. The second-order valence-corrected chi connectivity index (χ2v) is 3.08. The van der Waals surface area contributed by atoms with E-state index < -0.39 is 6.10 Å². The lowest BCUT2D eigenvalue weighted by Gasteiger charge is -2.06. The molecule has 0 spiro atoms. The fourth-order valence-electron chi connectivity index (χ4n) is 1.13. The summed E-state index contributed by atoms with van der Waals surface area (Å²) in [4.78, 5) is 0. The number of benzene rings is 1. The zero-order valence-corrected chi connectivity index (χ0v) is 8.62. The van der Waals surface area contributed by atoms with Crippen molar-refractivity contribution < 1.29 is 5.11 Å². The number of hydrogen-bond acceptors (Lipinski definition) is 1. The van der Waals surface area contributed by atoms with Crippen molar-refractivity contribution in [2.75, 3.05) is 0 Å². The Labute approximate surface area is 89.0 Å². The normalized spacial score (nSPS) is 12.2. The Balaban J connectivity index is 3.03. The fourth-order valence-corrected chi connectivity index (χ4v) is 1.19. The molecule has 0 aliphatic rings. The molecule has 0 heterocycles. The molecule has 0 aromatic heterocycles. The van der Waals surface area contributed by atoms with Crippen molar-refractivity contribution >= 4 is 11.6 Å². The molecule has 14 heavy (non-hydrogen) atoms. The van der Waals surface area contributed by atoms with Gasteiger partial charge in [-0.05, 0) is 24.6 Å². The molecule has 1 atom stereocenters. The van der Waals surface area contributed by atoms with E-state index in [0.29, 0.717) is 0 Å². The Kier molecular flexibility index (Phi) is 4.25. The Bertz CT molecular complexity index is 383. The number of aliphatic hydroxyl groups excluding tert-OH is 1. The van der Waals surface area contributed by atoms with Gasteiger partial charge in [0.25, 0.3) is 0 Å². The quantitative estimate of drug-likeness (QED) is 0.701. The van der Waals surface area contributed by atoms with Crippen LogP contribution in [0.3, 0.4) is 0 Å². The molecule has 1 aromatic carbocycles. The van der Waals surface area contributed by atoms with E-state index in [-0.39, 0.29) is 0 Å². The predicted octanol–water partition coefficient (Wildman–Crippen LogP) is 2.84. The van der Waals surface area contributed by atoms with Gasteiger partial charge in [-0.25, -0.2) is 0 Å². The van der Waals surface area contributed by atoms with E-state index in [2.05, 4.69) is 11.8 Å². The van der Waals surface area contributed by atoms with Crippen molar-refractivity contribution in [2.24, 2.45) is 0 Å². The van der Waals surface area contributed by atoms with E-state index in [1.807, 2.05) is 24.3 Å². The molecular weight excluding hydrogens is 196 g/mol. The van der Waals surface area contributed by atoms with Gasteiger partial charge in [-0.1, -0.05) is 41.6 Å². The Hall–Kier alpha value is -1.23. The third-order valence-corrected chi connectivity index (χ3v) is 1.89.